The minimum Gasteiger partial charge on any atom is -0.444 e. The first-order valence-corrected chi connectivity index (χ1v) is 14.9. The number of ether oxygens (including phenoxy) is 6. The van der Waals surface area contributed by atoms with Crippen LogP contribution in [0.25, 0.3) is 0 Å². The first-order valence-electron chi connectivity index (χ1n) is 14.9. The number of carbonyl (C=O) groups excluding carboxylic acids is 2. The minimum absolute atomic E-state index is 0.101. The number of hydrogen-bond donors (Lipinski definition) is 2. The molecule has 2 aromatic carbocycles. The van der Waals surface area contributed by atoms with Crippen molar-refractivity contribution >= 4 is 12.0 Å². The van der Waals surface area contributed by atoms with Crippen LogP contribution in [0, 0.1) is 5.92 Å². The summed E-state index contributed by atoms with van der Waals surface area (Å²) in [5.41, 5.74) is 1.29. The second kappa shape index (κ2) is 14.2. The average molecular weight is 599 g/mol. The molecule has 10 nitrogen and oxygen atoms in total. The van der Waals surface area contributed by atoms with Crippen LogP contribution in [-0.4, -0.2) is 66.7 Å². The number of hydrogen-bond acceptors (Lipinski definition) is 8. The first kappa shape index (κ1) is 32.9. The van der Waals surface area contributed by atoms with Crippen LogP contribution in [0.15, 0.2) is 60.7 Å². The Balaban J connectivity index is 1.51. The highest BCUT2D eigenvalue weighted by Crippen LogP contribution is 2.40. The van der Waals surface area contributed by atoms with E-state index in [-0.39, 0.29) is 18.4 Å². The maximum absolute atomic E-state index is 13.4. The maximum Gasteiger partial charge on any atom is 0.408 e. The molecule has 236 valence electrons. The Kier molecular flexibility index (Phi) is 10.8. The standard InChI is InChI=1S/C33H46N2O8/c1-21(2)25(35-31(37)43-32(3,4)5)29(36)34-18-24(38-19-22-14-10-8-11-15-22)26-27(39-20-23-16-12-9-13-17-23)28-30(40-26)42-33(6,7)41-28/h8-17,21,24-28,30H,18-20H2,1-7H3,(H,34,36)(H,35,37)/t24-,25?,26-,27-,28-,30-/m1/s1. The Bertz CT molecular complexity index is 1180. The largest absolute Gasteiger partial charge is 0.444 e. The summed E-state index contributed by atoms with van der Waals surface area (Å²) in [6.07, 6.45) is -3.58. The third-order valence-electron chi connectivity index (χ3n) is 7.08. The summed E-state index contributed by atoms with van der Waals surface area (Å²) in [6, 6.07) is 18.8. The van der Waals surface area contributed by atoms with Gasteiger partial charge in [0, 0.05) is 6.54 Å². The number of carbonyl (C=O) groups is 2. The molecule has 0 saturated carbocycles. The van der Waals surface area contributed by atoms with E-state index in [2.05, 4.69) is 10.6 Å². The van der Waals surface area contributed by atoms with Gasteiger partial charge in [0.25, 0.3) is 0 Å². The van der Waals surface area contributed by atoms with Gasteiger partial charge in [0.2, 0.25) is 5.91 Å². The van der Waals surface area contributed by atoms with Crippen LogP contribution in [0.1, 0.15) is 59.6 Å². The van der Waals surface area contributed by atoms with Gasteiger partial charge < -0.3 is 39.1 Å². The van der Waals surface area contributed by atoms with Crippen LogP contribution in [0.4, 0.5) is 4.79 Å². The first-order chi connectivity index (χ1) is 20.3. The zero-order chi connectivity index (χ0) is 31.2. The van der Waals surface area contributed by atoms with Crippen molar-refractivity contribution in [3.63, 3.8) is 0 Å². The lowest BCUT2D eigenvalue weighted by Crippen LogP contribution is -2.54. The third kappa shape index (κ3) is 9.48. The lowest BCUT2D eigenvalue weighted by molar-refractivity contribution is -0.234. The van der Waals surface area contributed by atoms with Gasteiger partial charge in [0.05, 0.1) is 13.2 Å². The maximum atomic E-state index is 13.4. The van der Waals surface area contributed by atoms with E-state index in [0.29, 0.717) is 13.2 Å². The predicted molar refractivity (Wildman–Crippen MR) is 160 cm³/mol. The fourth-order valence-corrected chi connectivity index (χ4v) is 5.09. The van der Waals surface area contributed by atoms with Crippen molar-refractivity contribution in [2.75, 3.05) is 6.54 Å². The molecule has 1 unspecified atom stereocenters. The van der Waals surface area contributed by atoms with Gasteiger partial charge in [0.1, 0.15) is 36.1 Å². The van der Waals surface area contributed by atoms with Crippen molar-refractivity contribution in [2.45, 2.75) is 110 Å². The molecule has 2 N–H and O–H groups in total. The number of nitrogens with one attached hydrogen (secondary N) is 2. The normalized spacial score (nSPS) is 24.3. The molecule has 0 aliphatic carbocycles. The van der Waals surface area contributed by atoms with Crippen molar-refractivity contribution in [3.8, 4) is 0 Å². The number of benzene rings is 2. The molecule has 0 spiro atoms. The van der Waals surface area contributed by atoms with Gasteiger partial charge in [-0.15, -0.1) is 0 Å². The number of fused-ring (bicyclic) bond motifs is 1. The highest BCUT2D eigenvalue weighted by molar-refractivity contribution is 5.85. The van der Waals surface area contributed by atoms with E-state index < -0.39 is 54.2 Å². The number of amides is 2. The van der Waals surface area contributed by atoms with Crippen LogP contribution < -0.4 is 10.6 Å². The van der Waals surface area contributed by atoms with E-state index in [0.717, 1.165) is 11.1 Å². The lowest BCUT2D eigenvalue weighted by atomic mass is 10.0. The van der Waals surface area contributed by atoms with Crippen LogP contribution in [0.5, 0.6) is 0 Å². The molecule has 2 aromatic rings. The highest BCUT2D eigenvalue weighted by Gasteiger charge is 2.57. The van der Waals surface area contributed by atoms with Gasteiger partial charge in [-0.05, 0) is 51.7 Å². The van der Waals surface area contributed by atoms with E-state index >= 15 is 0 Å². The van der Waals surface area contributed by atoms with Crippen molar-refractivity contribution < 1.29 is 38.0 Å². The zero-order valence-electron chi connectivity index (χ0n) is 26.2. The van der Waals surface area contributed by atoms with Gasteiger partial charge in [-0.1, -0.05) is 74.5 Å². The molecule has 2 saturated heterocycles. The number of rotatable bonds is 12. The Morgan fingerprint density at radius 2 is 1.53 bits per heavy atom. The molecule has 2 aliphatic rings. The second-order valence-electron chi connectivity index (χ2n) is 12.8. The Hall–Kier alpha value is -3.02. The van der Waals surface area contributed by atoms with Crippen molar-refractivity contribution in [2.24, 2.45) is 5.92 Å². The van der Waals surface area contributed by atoms with Crippen LogP contribution in [-0.2, 0) is 46.4 Å². The molecular formula is C33H46N2O8. The van der Waals surface area contributed by atoms with Crippen LogP contribution in [0.2, 0.25) is 0 Å². The van der Waals surface area contributed by atoms with E-state index in [1.807, 2.05) is 88.4 Å². The molecule has 2 amide bonds. The van der Waals surface area contributed by atoms with Crippen molar-refractivity contribution in [1.29, 1.82) is 0 Å². The topological polar surface area (TPSA) is 114 Å². The summed E-state index contributed by atoms with van der Waals surface area (Å²) in [5.74, 6) is -1.38. The van der Waals surface area contributed by atoms with Gasteiger partial charge in [-0.3, -0.25) is 4.79 Å². The highest BCUT2D eigenvalue weighted by atomic mass is 16.8. The summed E-state index contributed by atoms with van der Waals surface area (Å²) in [4.78, 5) is 25.9. The molecule has 43 heavy (non-hydrogen) atoms. The smallest absolute Gasteiger partial charge is 0.408 e. The molecule has 2 fully saturated rings. The molecule has 0 bridgehead atoms. The second-order valence-corrected chi connectivity index (χ2v) is 12.8. The zero-order valence-corrected chi connectivity index (χ0v) is 26.2. The fraction of sp³-hybridized carbons (Fsp3) is 0.576. The molecular weight excluding hydrogens is 552 g/mol. The summed E-state index contributed by atoms with van der Waals surface area (Å²) in [6.45, 7) is 13.4. The summed E-state index contributed by atoms with van der Waals surface area (Å²) < 4.78 is 36.9. The summed E-state index contributed by atoms with van der Waals surface area (Å²) in [7, 11) is 0. The quantitative estimate of drug-likeness (QED) is 0.362. The Morgan fingerprint density at radius 1 is 0.930 bits per heavy atom. The summed E-state index contributed by atoms with van der Waals surface area (Å²) in [5, 5.41) is 5.67. The fourth-order valence-electron chi connectivity index (χ4n) is 5.09. The van der Waals surface area contributed by atoms with Crippen molar-refractivity contribution in [1.82, 2.24) is 10.6 Å². The third-order valence-corrected chi connectivity index (χ3v) is 7.08. The Morgan fingerprint density at radius 3 is 2.12 bits per heavy atom. The molecule has 2 heterocycles. The van der Waals surface area contributed by atoms with E-state index in [9.17, 15) is 9.59 Å². The summed E-state index contributed by atoms with van der Waals surface area (Å²) >= 11 is 0. The van der Waals surface area contributed by atoms with Gasteiger partial charge >= 0.3 is 6.09 Å². The SMILES string of the molecule is CC(C)C(NC(=O)OC(C)(C)C)C(=O)NC[C@@H](OCc1ccccc1)[C@H]1O[C@@H]2OC(C)(C)O[C@@H]2[C@@H]1OCc1ccccc1. The monoisotopic (exact) mass is 598 g/mol. The molecule has 2 aliphatic heterocycles. The minimum atomic E-state index is -0.832. The average Bonchev–Trinajstić information content (AvgIpc) is 3.41. The van der Waals surface area contributed by atoms with E-state index in [1.165, 1.54) is 0 Å². The number of alkyl carbamates (subject to hydrolysis) is 1. The van der Waals surface area contributed by atoms with Crippen molar-refractivity contribution in [3.05, 3.63) is 71.8 Å². The van der Waals surface area contributed by atoms with Gasteiger partial charge in [-0.2, -0.15) is 0 Å². The lowest BCUT2D eigenvalue weighted by Gasteiger charge is -2.32. The molecule has 4 rings (SSSR count). The molecule has 10 heteroatoms. The van der Waals surface area contributed by atoms with Crippen LogP contribution >= 0.6 is 0 Å². The van der Waals surface area contributed by atoms with Gasteiger partial charge in [0.15, 0.2) is 12.1 Å². The van der Waals surface area contributed by atoms with Crippen LogP contribution in [0.3, 0.4) is 0 Å². The molecule has 0 aromatic heterocycles. The molecule has 6 atom stereocenters. The van der Waals surface area contributed by atoms with E-state index in [1.54, 1.807) is 20.8 Å². The predicted octanol–water partition coefficient (Wildman–Crippen LogP) is 4.70. The molecule has 0 radical (unpaired) electrons. The van der Waals surface area contributed by atoms with E-state index in [4.69, 9.17) is 28.4 Å². The van der Waals surface area contributed by atoms with Gasteiger partial charge in [-0.25, -0.2) is 4.79 Å². The Labute approximate surface area is 254 Å².